The van der Waals surface area contributed by atoms with Crippen molar-refractivity contribution < 1.29 is 0 Å². The molecule has 0 spiro atoms. The third kappa shape index (κ3) is 2.61. The average molecular weight is 261 g/mol. The molecule has 1 nitrogen and oxygen atoms in total. The van der Waals surface area contributed by atoms with E-state index in [4.69, 9.17) is 5.73 Å². The second kappa shape index (κ2) is 5.07. The Morgan fingerprint density at radius 2 is 1.76 bits per heavy atom. The van der Waals surface area contributed by atoms with E-state index < -0.39 is 0 Å². The number of hydrogen-bond acceptors (Lipinski definition) is 3. The van der Waals surface area contributed by atoms with Gasteiger partial charge in [0.05, 0.1) is 0 Å². The number of nitrogens with two attached hydrogens (primary N) is 1. The minimum Gasteiger partial charge on any atom is -0.398 e. The van der Waals surface area contributed by atoms with Crippen molar-refractivity contribution in [1.29, 1.82) is 0 Å². The highest BCUT2D eigenvalue weighted by Gasteiger charge is 2.08. The number of anilines is 1. The summed E-state index contributed by atoms with van der Waals surface area (Å²) in [4.78, 5) is 2.15. The highest BCUT2D eigenvalue weighted by Crippen LogP contribution is 2.35. The molecule has 17 heavy (non-hydrogen) atoms. The summed E-state index contributed by atoms with van der Waals surface area (Å²) in [5, 5.41) is 0. The number of thioether (sulfide) groups is 1. The van der Waals surface area contributed by atoms with Crippen molar-refractivity contribution in [2.75, 3.05) is 12.0 Å². The fraction of sp³-hybridized carbons (Fsp3) is 0.143. The fourth-order valence-electron chi connectivity index (χ4n) is 1.82. The number of aryl methyl sites for hydroxylation is 1. The fourth-order valence-corrected chi connectivity index (χ4v) is 2.73. The first-order chi connectivity index (χ1) is 8.11. The second-order valence-corrected chi connectivity index (χ2v) is 5.34. The first-order valence-electron chi connectivity index (χ1n) is 5.35. The maximum atomic E-state index is 6.06. The SMILES string of the molecule is CSc1cc(C)ccc1-c1ccc(S)cc1N. The van der Waals surface area contributed by atoms with Crippen LogP contribution < -0.4 is 5.73 Å². The standard InChI is InChI=1S/C14H15NS2/c1-9-3-5-12(14(7-9)17-2)11-6-4-10(16)8-13(11)15/h3-8,16H,15H2,1-2H3. The summed E-state index contributed by atoms with van der Waals surface area (Å²) in [7, 11) is 0. The molecule has 0 aliphatic heterocycles. The number of hydrogen-bond donors (Lipinski definition) is 2. The van der Waals surface area contributed by atoms with E-state index in [2.05, 4.69) is 44.0 Å². The highest BCUT2D eigenvalue weighted by atomic mass is 32.2. The molecule has 0 saturated carbocycles. The lowest BCUT2D eigenvalue weighted by Gasteiger charge is -2.11. The lowest BCUT2D eigenvalue weighted by molar-refractivity contribution is 1.35. The second-order valence-electron chi connectivity index (χ2n) is 3.98. The number of rotatable bonds is 2. The zero-order valence-corrected chi connectivity index (χ0v) is 11.6. The topological polar surface area (TPSA) is 26.0 Å². The van der Waals surface area contributed by atoms with Crippen LogP contribution in [0.4, 0.5) is 5.69 Å². The smallest absolute Gasteiger partial charge is 0.0405 e. The zero-order chi connectivity index (χ0) is 12.4. The van der Waals surface area contributed by atoms with Gasteiger partial charge in [-0.05, 0) is 42.5 Å². The van der Waals surface area contributed by atoms with Crippen LogP contribution in [0.3, 0.4) is 0 Å². The van der Waals surface area contributed by atoms with Crippen LogP contribution in [0.5, 0.6) is 0 Å². The molecule has 2 aromatic rings. The van der Waals surface area contributed by atoms with Gasteiger partial charge in [0, 0.05) is 21.0 Å². The van der Waals surface area contributed by atoms with Gasteiger partial charge in [0.2, 0.25) is 0 Å². The van der Waals surface area contributed by atoms with Crippen LogP contribution >= 0.6 is 24.4 Å². The summed E-state index contributed by atoms with van der Waals surface area (Å²) in [6.07, 6.45) is 2.08. The van der Waals surface area contributed by atoms with Crippen molar-refractivity contribution in [2.24, 2.45) is 0 Å². The normalized spacial score (nSPS) is 10.5. The van der Waals surface area contributed by atoms with Gasteiger partial charge in [-0.1, -0.05) is 18.2 Å². The van der Waals surface area contributed by atoms with Gasteiger partial charge >= 0.3 is 0 Å². The third-order valence-electron chi connectivity index (χ3n) is 2.68. The molecule has 0 fully saturated rings. The van der Waals surface area contributed by atoms with E-state index in [1.165, 1.54) is 16.0 Å². The Hall–Kier alpha value is -1.06. The lowest BCUT2D eigenvalue weighted by atomic mass is 10.0. The summed E-state index contributed by atoms with van der Waals surface area (Å²) in [5.41, 5.74) is 10.4. The Morgan fingerprint density at radius 1 is 1.06 bits per heavy atom. The van der Waals surface area contributed by atoms with Crippen LogP contribution in [0.1, 0.15) is 5.56 Å². The van der Waals surface area contributed by atoms with Crippen LogP contribution in [0, 0.1) is 6.92 Å². The predicted octanol–water partition coefficient (Wildman–Crippen LogP) is 4.25. The number of nitrogen functional groups attached to an aromatic ring is 1. The lowest BCUT2D eigenvalue weighted by Crippen LogP contribution is -1.92. The van der Waals surface area contributed by atoms with Crippen LogP contribution in [-0.2, 0) is 0 Å². The number of benzene rings is 2. The van der Waals surface area contributed by atoms with E-state index in [1.54, 1.807) is 11.8 Å². The minimum atomic E-state index is 0.775. The molecule has 0 saturated heterocycles. The van der Waals surface area contributed by atoms with Crippen molar-refractivity contribution in [3.05, 3.63) is 42.0 Å². The van der Waals surface area contributed by atoms with Gasteiger partial charge in [-0.3, -0.25) is 0 Å². The molecule has 0 unspecified atom stereocenters. The summed E-state index contributed by atoms with van der Waals surface area (Å²) >= 11 is 6.04. The Bertz CT molecular complexity index is 550. The minimum absolute atomic E-state index is 0.775. The molecule has 0 aromatic heterocycles. The summed E-state index contributed by atoms with van der Waals surface area (Å²) in [6, 6.07) is 12.3. The molecule has 2 aromatic carbocycles. The molecule has 0 amide bonds. The molecule has 2 rings (SSSR count). The predicted molar refractivity (Wildman–Crippen MR) is 80.1 cm³/mol. The Labute approximate surface area is 112 Å². The summed E-state index contributed by atoms with van der Waals surface area (Å²) < 4.78 is 0. The largest absolute Gasteiger partial charge is 0.398 e. The Morgan fingerprint density at radius 3 is 2.41 bits per heavy atom. The molecule has 0 radical (unpaired) electrons. The maximum Gasteiger partial charge on any atom is 0.0405 e. The Balaban J connectivity index is 2.60. The summed E-state index contributed by atoms with van der Waals surface area (Å²) in [6.45, 7) is 2.10. The van der Waals surface area contributed by atoms with E-state index in [0.717, 1.165) is 16.1 Å². The van der Waals surface area contributed by atoms with Gasteiger partial charge in [0.1, 0.15) is 0 Å². The third-order valence-corrected chi connectivity index (χ3v) is 3.74. The molecule has 3 heteroatoms. The molecule has 0 atom stereocenters. The van der Waals surface area contributed by atoms with Crippen LogP contribution in [0.25, 0.3) is 11.1 Å². The zero-order valence-electron chi connectivity index (χ0n) is 9.90. The van der Waals surface area contributed by atoms with Gasteiger partial charge in [-0.15, -0.1) is 24.4 Å². The molecule has 0 aliphatic carbocycles. The first kappa shape index (κ1) is 12.4. The van der Waals surface area contributed by atoms with Gasteiger partial charge in [0.25, 0.3) is 0 Å². The van der Waals surface area contributed by atoms with Crippen molar-refractivity contribution in [3.8, 4) is 11.1 Å². The molecule has 88 valence electrons. The highest BCUT2D eigenvalue weighted by molar-refractivity contribution is 7.98. The van der Waals surface area contributed by atoms with E-state index in [9.17, 15) is 0 Å². The van der Waals surface area contributed by atoms with Crippen LogP contribution in [-0.4, -0.2) is 6.26 Å². The van der Waals surface area contributed by atoms with Crippen LogP contribution in [0.15, 0.2) is 46.2 Å². The average Bonchev–Trinajstić information content (AvgIpc) is 2.30. The molecule has 0 heterocycles. The monoisotopic (exact) mass is 261 g/mol. The summed E-state index contributed by atoms with van der Waals surface area (Å²) in [5.74, 6) is 0. The molecular weight excluding hydrogens is 246 g/mol. The van der Waals surface area contributed by atoms with Gasteiger partial charge < -0.3 is 5.73 Å². The van der Waals surface area contributed by atoms with E-state index >= 15 is 0 Å². The molecule has 0 bridgehead atoms. The Kier molecular flexibility index (Phi) is 3.69. The van der Waals surface area contributed by atoms with E-state index in [-0.39, 0.29) is 0 Å². The molecule has 2 N–H and O–H groups in total. The van der Waals surface area contributed by atoms with Gasteiger partial charge in [-0.2, -0.15) is 0 Å². The van der Waals surface area contributed by atoms with Crippen LogP contribution in [0.2, 0.25) is 0 Å². The van der Waals surface area contributed by atoms with Crippen molar-refractivity contribution in [1.82, 2.24) is 0 Å². The van der Waals surface area contributed by atoms with Crippen molar-refractivity contribution in [3.63, 3.8) is 0 Å². The van der Waals surface area contributed by atoms with E-state index in [1.807, 2.05) is 18.2 Å². The van der Waals surface area contributed by atoms with Crippen molar-refractivity contribution in [2.45, 2.75) is 16.7 Å². The van der Waals surface area contributed by atoms with Gasteiger partial charge in [-0.25, -0.2) is 0 Å². The first-order valence-corrected chi connectivity index (χ1v) is 7.02. The van der Waals surface area contributed by atoms with Gasteiger partial charge in [0.15, 0.2) is 0 Å². The van der Waals surface area contributed by atoms with Crippen molar-refractivity contribution >= 4 is 30.1 Å². The molecular formula is C14H15NS2. The number of thiol groups is 1. The maximum absolute atomic E-state index is 6.06. The van der Waals surface area contributed by atoms with E-state index in [0.29, 0.717) is 0 Å². The molecule has 0 aliphatic rings. The quantitative estimate of drug-likeness (QED) is 0.480.